The lowest BCUT2D eigenvalue weighted by Crippen LogP contribution is -2.15. The van der Waals surface area contributed by atoms with Crippen LogP contribution in [0.25, 0.3) is 22.3 Å². The van der Waals surface area contributed by atoms with Gasteiger partial charge in [0.1, 0.15) is 31.3 Å². The summed E-state index contributed by atoms with van der Waals surface area (Å²) in [7, 11) is 3.65. The number of ether oxygens (including phenoxy) is 4. The minimum absolute atomic E-state index is 0.101. The molecule has 232 valence electrons. The number of nitrogens with zero attached hydrogens (tertiary/aromatic N) is 2. The third kappa shape index (κ3) is 6.59. The number of carbonyl (C=O) groups excluding carboxylic acids is 1. The zero-order chi connectivity index (χ0) is 31.9. The van der Waals surface area contributed by atoms with Crippen LogP contribution in [0.2, 0.25) is 0 Å². The van der Waals surface area contributed by atoms with Crippen LogP contribution in [-0.2, 0) is 38.0 Å². The van der Waals surface area contributed by atoms with Gasteiger partial charge < -0.3 is 23.5 Å². The summed E-state index contributed by atoms with van der Waals surface area (Å²) >= 11 is 0. The van der Waals surface area contributed by atoms with Crippen molar-refractivity contribution in [3.63, 3.8) is 0 Å². The van der Waals surface area contributed by atoms with Gasteiger partial charge >= 0.3 is 5.97 Å². The predicted octanol–water partition coefficient (Wildman–Crippen LogP) is 8.33. The van der Waals surface area contributed by atoms with Crippen LogP contribution in [0.5, 0.6) is 17.4 Å². The van der Waals surface area contributed by atoms with E-state index >= 15 is 0 Å². The second-order valence-corrected chi connectivity index (χ2v) is 10.9. The first-order valence-corrected chi connectivity index (χ1v) is 15.3. The van der Waals surface area contributed by atoms with E-state index in [4.69, 9.17) is 23.9 Å². The Kier molecular flexibility index (Phi) is 9.29. The number of esters is 1. The number of aromatic nitrogens is 2. The van der Waals surface area contributed by atoms with E-state index in [0.29, 0.717) is 17.9 Å². The van der Waals surface area contributed by atoms with Crippen molar-refractivity contribution in [2.24, 2.45) is 7.05 Å². The molecule has 7 nitrogen and oxygen atoms in total. The third-order valence-corrected chi connectivity index (χ3v) is 7.92. The average Bonchev–Trinajstić information content (AvgIpc) is 3.44. The topological polar surface area (TPSA) is 71.8 Å². The number of aryl methyl sites for hydroxylation is 1. The highest BCUT2D eigenvalue weighted by Crippen LogP contribution is 2.41. The quantitative estimate of drug-likeness (QED) is 0.129. The molecule has 7 heteroatoms. The number of fused-ring (bicyclic) bond motifs is 1. The maximum atomic E-state index is 14.0. The highest BCUT2D eigenvalue weighted by Gasteiger charge is 2.30. The van der Waals surface area contributed by atoms with Gasteiger partial charge in [0.15, 0.2) is 5.56 Å². The molecule has 0 amide bonds. The first-order chi connectivity index (χ1) is 22.6. The molecule has 0 radical (unpaired) electrons. The highest BCUT2D eigenvalue weighted by atomic mass is 16.5. The van der Waals surface area contributed by atoms with Crippen LogP contribution in [0.4, 0.5) is 0 Å². The van der Waals surface area contributed by atoms with Crippen molar-refractivity contribution < 1.29 is 23.7 Å². The number of carbonyl (C=O) groups is 1. The van der Waals surface area contributed by atoms with Gasteiger partial charge in [-0.1, -0.05) is 97.9 Å². The Hall–Kier alpha value is -5.56. The molecule has 0 aliphatic heterocycles. The first-order valence-electron chi connectivity index (χ1n) is 15.3. The molecule has 0 saturated heterocycles. The van der Waals surface area contributed by atoms with E-state index in [1.807, 2.05) is 123 Å². The molecule has 4 aromatic carbocycles. The van der Waals surface area contributed by atoms with Crippen LogP contribution >= 0.6 is 0 Å². The van der Waals surface area contributed by atoms with E-state index in [0.717, 1.165) is 44.6 Å². The highest BCUT2D eigenvalue weighted by molar-refractivity contribution is 5.97. The molecule has 46 heavy (non-hydrogen) atoms. The van der Waals surface area contributed by atoms with Gasteiger partial charge in [-0.2, -0.15) is 0 Å². The fraction of sp³-hybridized carbons (Fsp3) is 0.179. The summed E-state index contributed by atoms with van der Waals surface area (Å²) in [5.41, 5.74) is 6.26. The van der Waals surface area contributed by atoms with Crippen molar-refractivity contribution in [1.82, 2.24) is 9.55 Å². The first kappa shape index (κ1) is 30.5. The second kappa shape index (κ2) is 14.0. The Bertz CT molecular complexity index is 1940. The molecule has 2 heterocycles. The van der Waals surface area contributed by atoms with Crippen molar-refractivity contribution in [3.8, 4) is 28.8 Å². The van der Waals surface area contributed by atoms with Crippen molar-refractivity contribution >= 4 is 16.9 Å². The van der Waals surface area contributed by atoms with Crippen LogP contribution in [-0.4, -0.2) is 22.6 Å². The summed E-state index contributed by atoms with van der Waals surface area (Å²) in [6, 6.07) is 37.3. The Morgan fingerprint density at radius 2 is 1.33 bits per heavy atom. The number of pyridine rings is 1. The minimum atomic E-state index is -0.564. The second-order valence-electron chi connectivity index (χ2n) is 10.9. The maximum Gasteiger partial charge on any atom is 0.347 e. The number of hydrogen-bond acceptors (Lipinski definition) is 6. The normalized spacial score (nSPS) is 10.9. The number of methoxy groups -OCH3 is 1. The lowest BCUT2D eigenvalue weighted by Gasteiger charge is -2.21. The van der Waals surface area contributed by atoms with Gasteiger partial charge in [0, 0.05) is 24.1 Å². The van der Waals surface area contributed by atoms with Gasteiger partial charge in [-0.15, -0.1) is 0 Å². The average molecular weight is 613 g/mol. The zero-order valence-electron chi connectivity index (χ0n) is 26.2. The molecule has 0 saturated carbocycles. The molecule has 0 atom stereocenters. The van der Waals surface area contributed by atoms with Gasteiger partial charge in [-0.25, -0.2) is 9.78 Å². The number of rotatable bonds is 12. The van der Waals surface area contributed by atoms with E-state index in [1.54, 1.807) is 7.11 Å². The summed E-state index contributed by atoms with van der Waals surface area (Å²) in [6.45, 7) is 2.60. The largest absolute Gasteiger partial charge is 0.497 e. The Morgan fingerprint density at radius 1 is 0.739 bits per heavy atom. The summed E-state index contributed by atoms with van der Waals surface area (Å²) in [5, 5.41) is 1.03. The molecule has 0 bridgehead atoms. The van der Waals surface area contributed by atoms with Crippen LogP contribution in [0, 0.1) is 0 Å². The Balaban J connectivity index is 1.51. The molecule has 0 aliphatic carbocycles. The third-order valence-electron chi connectivity index (χ3n) is 7.92. The molecule has 0 N–H and O–H groups in total. The van der Waals surface area contributed by atoms with Crippen molar-refractivity contribution in [1.29, 1.82) is 0 Å². The molecular weight excluding hydrogens is 576 g/mol. The molecular formula is C39H36N2O5. The smallest absolute Gasteiger partial charge is 0.347 e. The summed E-state index contributed by atoms with van der Waals surface area (Å²) in [5.74, 6) is 0.755. The molecule has 0 spiro atoms. The maximum absolute atomic E-state index is 14.0. The van der Waals surface area contributed by atoms with Gasteiger partial charge in [0.2, 0.25) is 5.88 Å². The van der Waals surface area contributed by atoms with Crippen LogP contribution in [0.1, 0.15) is 39.5 Å². The van der Waals surface area contributed by atoms with E-state index in [-0.39, 0.29) is 31.3 Å². The van der Waals surface area contributed by atoms with Crippen LogP contribution in [0.3, 0.4) is 0 Å². The van der Waals surface area contributed by atoms with Crippen molar-refractivity contribution in [2.75, 3.05) is 7.11 Å². The van der Waals surface area contributed by atoms with E-state index in [9.17, 15) is 4.79 Å². The summed E-state index contributed by atoms with van der Waals surface area (Å²) in [6.07, 6.45) is 0.551. The van der Waals surface area contributed by atoms with Gasteiger partial charge in [0.25, 0.3) is 0 Å². The summed E-state index contributed by atoms with van der Waals surface area (Å²) in [4.78, 5) is 19.1. The Labute approximate surface area is 269 Å². The summed E-state index contributed by atoms with van der Waals surface area (Å²) < 4.78 is 26.4. The molecule has 6 rings (SSSR count). The monoisotopic (exact) mass is 612 g/mol. The number of benzene rings is 4. The van der Waals surface area contributed by atoms with E-state index < -0.39 is 5.97 Å². The Morgan fingerprint density at radius 3 is 1.91 bits per heavy atom. The standard InChI is InChI=1S/C39H36N2O5/c1-4-32-36(34-22-30-20-21-31(43-3)23-33(30)41(34)2)40-38(45-25-28-16-10-6-11-17-28)35(37(32)44-24-27-14-8-5-9-15-27)39(42)46-26-29-18-12-7-13-19-29/h5-23H,4,24-26H2,1-3H3. The van der Waals surface area contributed by atoms with Crippen molar-refractivity contribution in [2.45, 2.75) is 33.2 Å². The predicted molar refractivity (Wildman–Crippen MR) is 179 cm³/mol. The molecule has 0 aliphatic rings. The van der Waals surface area contributed by atoms with Crippen LogP contribution in [0.15, 0.2) is 115 Å². The van der Waals surface area contributed by atoms with Crippen molar-refractivity contribution in [3.05, 3.63) is 143 Å². The molecule has 0 fully saturated rings. The van der Waals surface area contributed by atoms with Gasteiger partial charge in [-0.05, 0) is 41.3 Å². The number of hydrogen-bond donors (Lipinski definition) is 0. The minimum Gasteiger partial charge on any atom is -0.497 e. The lowest BCUT2D eigenvalue weighted by atomic mass is 10.0. The molecule has 2 aromatic heterocycles. The van der Waals surface area contributed by atoms with E-state index in [1.165, 1.54) is 0 Å². The lowest BCUT2D eigenvalue weighted by molar-refractivity contribution is 0.0460. The van der Waals surface area contributed by atoms with Gasteiger partial charge in [-0.3, -0.25) is 0 Å². The van der Waals surface area contributed by atoms with Crippen LogP contribution < -0.4 is 14.2 Å². The molecule has 6 aromatic rings. The molecule has 0 unspecified atom stereocenters. The fourth-order valence-electron chi connectivity index (χ4n) is 5.48. The van der Waals surface area contributed by atoms with E-state index in [2.05, 4.69) is 10.6 Å². The van der Waals surface area contributed by atoms with Gasteiger partial charge in [0.05, 0.1) is 24.0 Å². The SMILES string of the molecule is CCc1c(-c2cc3ccc(OC)cc3n2C)nc(OCc2ccccc2)c(C(=O)OCc2ccccc2)c1OCc1ccccc1. The zero-order valence-corrected chi connectivity index (χ0v) is 26.2. The fourth-order valence-corrected chi connectivity index (χ4v) is 5.48.